The number of imide groups is 1. The highest BCUT2D eigenvalue weighted by molar-refractivity contribution is 6.19. The van der Waals surface area contributed by atoms with Gasteiger partial charge in [0.25, 0.3) is 5.91 Å². The number of benzene rings is 1. The Hall–Kier alpha value is -3.29. The molecule has 30 heavy (non-hydrogen) atoms. The zero-order valence-electron chi connectivity index (χ0n) is 17.3. The molecule has 0 saturated carbocycles. The summed E-state index contributed by atoms with van der Waals surface area (Å²) in [6, 6.07) is 8.69. The smallest absolute Gasteiger partial charge is 0.253 e. The van der Waals surface area contributed by atoms with Gasteiger partial charge in [-0.15, -0.1) is 0 Å². The minimum absolute atomic E-state index is 0.0478. The highest BCUT2D eigenvalue weighted by Crippen LogP contribution is 2.23. The maximum Gasteiger partial charge on any atom is 0.253 e. The van der Waals surface area contributed by atoms with Crippen LogP contribution in [0.3, 0.4) is 0 Å². The highest BCUT2D eigenvalue weighted by Gasteiger charge is 2.30. The molecular weight excluding hydrogens is 382 g/mol. The van der Waals surface area contributed by atoms with Gasteiger partial charge in [0.15, 0.2) is 0 Å². The average Bonchev–Trinajstić information content (AvgIpc) is 3.11. The van der Waals surface area contributed by atoms with Crippen LogP contribution in [0, 0.1) is 6.92 Å². The van der Waals surface area contributed by atoms with Crippen LogP contribution in [0.5, 0.6) is 0 Å². The van der Waals surface area contributed by atoms with E-state index in [1.165, 1.54) is 4.90 Å². The van der Waals surface area contributed by atoms with Gasteiger partial charge in [0.05, 0.1) is 5.69 Å². The predicted octanol–water partition coefficient (Wildman–Crippen LogP) is 1.96. The van der Waals surface area contributed by atoms with Gasteiger partial charge < -0.3 is 9.80 Å². The number of rotatable bonds is 4. The van der Waals surface area contributed by atoms with Crippen LogP contribution in [0.2, 0.25) is 0 Å². The largest absolute Gasteiger partial charge is 0.353 e. The predicted molar refractivity (Wildman–Crippen MR) is 112 cm³/mol. The number of hydrogen-bond acceptors (Lipinski definition) is 6. The number of aryl methyl sites for hydroxylation is 2. The van der Waals surface area contributed by atoms with Crippen molar-refractivity contribution < 1.29 is 14.4 Å². The standard InChI is InChI=1S/C22H25N5O3/c1-3-18-23-15(2)14-19(24-18)25-10-12-26(13-11-25)22(30)16-4-6-17(7-5-16)27-20(28)8-9-21(27)29/h4-7,14H,3,8-13H2,1-2H3. The van der Waals surface area contributed by atoms with E-state index in [0.717, 1.165) is 23.8 Å². The summed E-state index contributed by atoms with van der Waals surface area (Å²) in [5, 5.41) is 0. The fraction of sp³-hybridized carbons (Fsp3) is 0.409. The van der Waals surface area contributed by atoms with Gasteiger partial charge in [0.2, 0.25) is 11.8 Å². The second-order valence-electron chi connectivity index (χ2n) is 7.59. The summed E-state index contributed by atoms with van der Waals surface area (Å²) in [5.74, 6) is 1.31. The Morgan fingerprint density at radius 2 is 1.60 bits per heavy atom. The fourth-order valence-electron chi connectivity index (χ4n) is 3.87. The summed E-state index contributed by atoms with van der Waals surface area (Å²) < 4.78 is 0. The molecule has 156 valence electrons. The van der Waals surface area contributed by atoms with Gasteiger partial charge in [-0.3, -0.25) is 19.3 Å². The lowest BCUT2D eigenvalue weighted by Gasteiger charge is -2.35. The fourth-order valence-corrected chi connectivity index (χ4v) is 3.87. The number of carbonyl (C=O) groups excluding carboxylic acids is 3. The zero-order valence-corrected chi connectivity index (χ0v) is 17.3. The first-order valence-electron chi connectivity index (χ1n) is 10.3. The van der Waals surface area contributed by atoms with Crippen molar-refractivity contribution >= 4 is 29.2 Å². The van der Waals surface area contributed by atoms with E-state index in [2.05, 4.69) is 14.9 Å². The monoisotopic (exact) mass is 407 g/mol. The van der Waals surface area contributed by atoms with Crippen LogP contribution in [-0.4, -0.2) is 58.8 Å². The van der Waals surface area contributed by atoms with Crippen molar-refractivity contribution in [2.45, 2.75) is 33.1 Å². The van der Waals surface area contributed by atoms with Gasteiger partial charge in [0, 0.05) is 62.8 Å². The van der Waals surface area contributed by atoms with E-state index in [4.69, 9.17) is 0 Å². The van der Waals surface area contributed by atoms with Gasteiger partial charge in [-0.2, -0.15) is 0 Å². The maximum absolute atomic E-state index is 12.9. The van der Waals surface area contributed by atoms with Crippen LogP contribution in [0.25, 0.3) is 0 Å². The molecule has 4 rings (SSSR count). The molecule has 8 heteroatoms. The molecule has 1 aromatic carbocycles. The lowest BCUT2D eigenvalue weighted by atomic mass is 10.1. The van der Waals surface area contributed by atoms with Crippen molar-refractivity contribution in [2.24, 2.45) is 0 Å². The van der Waals surface area contributed by atoms with Crippen LogP contribution >= 0.6 is 0 Å². The third kappa shape index (κ3) is 3.90. The van der Waals surface area contributed by atoms with E-state index in [-0.39, 0.29) is 30.6 Å². The molecule has 2 fully saturated rings. The molecule has 0 unspecified atom stereocenters. The summed E-state index contributed by atoms with van der Waals surface area (Å²) in [5.41, 5.74) is 2.03. The lowest BCUT2D eigenvalue weighted by Crippen LogP contribution is -2.49. The lowest BCUT2D eigenvalue weighted by molar-refractivity contribution is -0.121. The van der Waals surface area contributed by atoms with E-state index in [1.807, 2.05) is 24.8 Å². The summed E-state index contributed by atoms with van der Waals surface area (Å²) in [7, 11) is 0. The van der Waals surface area contributed by atoms with Crippen molar-refractivity contribution in [2.75, 3.05) is 36.0 Å². The molecule has 1 aromatic heterocycles. The van der Waals surface area contributed by atoms with Crippen molar-refractivity contribution in [1.82, 2.24) is 14.9 Å². The summed E-state index contributed by atoms with van der Waals surface area (Å²) in [6.07, 6.45) is 1.28. The molecule has 8 nitrogen and oxygen atoms in total. The van der Waals surface area contributed by atoms with Gasteiger partial charge in [-0.05, 0) is 31.2 Å². The molecule has 0 spiro atoms. The minimum Gasteiger partial charge on any atom is -0.353 e. The van der Waals surface area contributed by atoms with E-state index in [9.17, 15) is 14.4 Å². The van der Waals surface area contributed by atoms with Gasteiger partial charge in [-0.25, -0.2) is 9.97 Å². The first-order valence-corrected chi connectivity index (χ1v) is 10.3. The molecule has 3 amide bonds. The maximum atomic E-state index is 12.9. The molecule has 2 aromatic rings. The SMILES string of the molecule is CCc1nc(C)cc(N2CCN(C(=O)c3ccc(N4C(=O)CCC4=O)cc3)CC2)n1. The molecule has 0 atom stereocenters. The molecule has 2 aliphatic heterocycles. The Bertz CT molecular complexity index is 965. The number of anilines is 2. The topological polar surface area (TPSA) is 86.7 Å². The molecule has 0 bridgehead atoms. The van der Waals surface area contributed by atoms with Gasteiger partial charge >= 0.3 is 0 Å². The molecule has 3 heterocycles. The van der Waals surface area contributed by atoms with Crippen LogP contribution < -0.4 is 9.80 Å². The molecular formula is C22H25N5O3. The third-order valence-electron chi connectivity index (χ3n) is 5.52. The average molecular weight is 407 g/mol. The number of carbonyl (C=O) groups is 3. The normalized spacial score (nSPS) is 17.1. The number of piperazine rings is 1. The number of hydrogen-bond donors (Lipinski definition) is 0. The van der Waals surface area contributed by atoms with E-state index in [0.29, 0.717) is 37.4 Å². The Balaban J connectivity index is 1.40. The molecule has 0 aliphatic carbocycles. The first kappa shape index (κ1) is 20.0. The van der Waals surface area contributed by atoms with Crippen molar-refractivity contribution in [1.29, 1.82) is 0 Å². The summed E-state index contributed by atoms with van der Waals surface area (Å²) in [6.45, 7) is 6.63. The van der Waals surface area contributed by atoms with Crippen molar-refractivity contribution in [3.63, 3.8) is 0 Å². The molecule has 2 aliphatic rings. The highest BCUT2D eigenvalue weighted by atomic mass is 16.2. The van der Waals surface area contributed by atoms with E-state index >= 15 is 0 Å². The summed E-state index contributed by atoms with van der Waals surface area (Å²) >= 11 is 0. The van der Waals surface area contributed by atoms with E-state index < -0.39 is 0 Å². The quantitative estimate of drug-likeness (QED) is 0.720. The van der Waals surface area contributed by atoms with Crippen molar-refractivity contribution in [3.8, 4) is 0 Å². The Labute approximate surface area is 175 Å². The van der Waals surface area contributed by atoms with Crippen molar-refractivity contribution in [3.05, 3.63) is 47.4 Å². The van der Waals surface area contributed by atoms with Crippen LogP contribution in [-0.2, 0) is 16.0 Å². The summed E-state index contributed by atoms with van der Waals surface area (Å²) in [4.78, 5) is 50.9. The molecule has 0 N–H and O–H groups in total. The minimum atomic E-state index is -0.193. The number of nitrogens with zero attached hydrogens (tertiary/aromatic N) is 5. The van der Waals surface area contributed by atoms with Gasteiger partial charge in [-0.1, -0.05) is 6.92 Å². The molecule has 2 saturated heterocycles. The van der Waals surface area contributed by atoms with Crippen LogP contribution in [0.1, 0.15) is 41.6 Å². The third-order valence-corrected chi connectivity index (χ3v) is 5.52. The van der Waals surface area contributed by atoms with Crippen LogP contribution in [0.15, 0.2) is 30.3 Å². The number of aromatic nitrogens is 2. The second-order valence-corrected chi connectivity index (χ2v) is 7.59. The Morgan fingerprint density at radius 1 is 0.967 bits per heavy atom. The van der Waals surface area contributed by atoms with E-state index in [1.54, 1.807) is 24.3 Å². The Kier molecular flexibility index (Phi) is 5.48. The van der Waals surface area contributed by atoms with Gasteiger partial charge in [0.1, 0.15) is 11.6 Å². The second kappa shape index (κ2) is 8.22. The first-order chi connectivity index (χ1) is 14.5. The Morgan fingerprint density at radius 3 is 2.20 bits per heavy atom. The molecule has 0 radical (unpaired) electrons. The van der Waals surface area contributed by atoms with Crippen LogP contribution in [0.4, 0.5) is 11.5 Å². The zero-order chi connectivity index (χ0) is 21.3. The number of amides is 3.